The minimum atomic E-state index is -0.517. The van der Waals surface area contributed by atoms with Gasteiger partial charge in [0.1, 0.15) is 22.6 Å². The van der Waals surface area contributed by atoms with E-state index in [1.807, 2.05) is 18.2 Å². The van der Waals surface area contributed by atoms with Gasteiger partial charge >= 0.3 is 0 Å². The summed E-state index contributed by atoms with van der Waals surface area (Å²) in [6.45, 7) is 2.36. The van der Waals surface area contributed by atoms with Crippen molar-refractivity contribution in [1.82, 2.24) is 19.3 Å². The number of nitrogens with zero attached hydrogens (tertiary/aromatic N) is 4. The molecule has 2 N–H and O–H groups in total. The Balaban J connectivity index is 1.49. The van der Waals surface area contributed by atoms with Crippen LogP contribution in [0.1, 0.15) is 23.3 Å². The molecule has 9 nitrogen and oxygen atoms in total. The van der Waals surface area contributed by atoms with Gasteiger partial charge in [-0.05, 0) is 12.1 Å². The molecule has 0 saturated carbocycles. The number of nitrogens with two attached hydrogens (primary N) is 1. The van der Waals surface area contributed by atoms with Crippen molar-refractivity contribution < 1.29 is 19.0 Å². The van der Waals surface area contributed by atoms with Gasteiger partial charge in [-0.3, -0.25) is 9.20 Å². The highest BCUT2D eigenvalue weighted by Gasteiger charge is 2.41. The van der Waals surface area contributed by atoms with Gasteiger partial charge in [-0.1, -0.05) is 6.07 Å². The van der Waals surface area contributed by atoms with E-state index in [2.05, 4.69) is 9.97 Å². The molecule has 0 radical (unpaired) electrons. The van der Waals surface area contributed by atoms with Gasteiger partial charge in [-0.15, -0.1) is 0 Å². The maximum atomic E-state index is 13.0. The summed E-state index contributed by atoms with van der Waals surface area (Å²) in [5.41, 5.74) is 7.66. The predicted octanol–water partition coefficient (Wildman–Crippen LogP) is 1.45. The Morgan fingerprint density at radius 3 is 2.68 bits per heavy atom. The maximum absolute atomic E-state index is 13.0. The number of carbonyl (C=O) groups is 1. The molecule has 0 unspecified atom stereocenters. The third-order valence-electron chi connectivity index (χ3n) is 5.48. The number of piperidine rings is 1. The number of likely N-dealkylation sites (tertiary alicyclic amines) is 1. The zero-order valence-corrected chi connectivity index (χ0v) is 15.6. The zero-order chi connectivity index (χ0) is 19.3. The van der Waals surface area contributed by atoms with Crippen molar-refractivity contribution in [3.05, 3.63) is 30.1 Å². The Labute approximate surface area is 161 Å². The van der Waals surface area contributed by atoms with Crippen LogP contribution in [0, 0.1) is 0 Å². The van der Waals surface area contributed by atoms with E-state index in [0.717, 1.165) is 5.39 Å². The topological polar surface area (TPSA) is 104 Å². The average molecular weight is 383 g/mol. The van der Waals surface area contributed by atoms with Crippen LogP contribution in [0.3, 0.4) is 0 Å². The maximum Gasteiger partial charge on any atom is 0.274 e. The lowest BCUT2D eigenvalue weighted by Crippen LogP contribution is -2.47. The number of para-hydroxylation sites is 1. The zero-order valence-electron chi connectivity index (χ0n) is 15.6. The highest BCUT2D eigenvalue weighted by Crippen LogP contribution is 2.32. The summed E-state index contributed by atoms with van der Waals surface area (Å²) in [5, 5.41) is 0.776. The number of carbonyl (C=O) groups excluding carboxylic acids is 1. The van der Waals surface area contributed by atoms with Gasteiger partial charge in [0.15, 0.2) is 5.79 Å². The van der Waals surface area contributed by atoms with Crippen molar-refractivity contribution >= 4 is 28.4 Å². The molecule has 9 heteroatoms. The first kappa shape index (κ1) is 17.2. The van der Waals surface area contributed by atoms with Crippen molar-refractivity contribution in [1.29, 1.82) is 0 Å². The molecule has 28 heavy (non-hydrogen) atoms. The molecule has 0 bridgehead atoms. The largest absolute Gasteiger partial charge is 0.494 e. The molecule has 4 heterocycles. The van der Waals surface area contributed by atoms with E-state index in [-0.39, 0.29) is 11.9 Å². The lowest BCUT2D eigenvalue weighted by atomic mass is 10.0. The lowest BCUT2D eigenvalue weighted by Gasteiger charge is -2.37. The molecule has 146 valence electrons. The summed E-state index contributed by atoms with van der Waals surface area (Å²) in [7, 11) is 1.58. The Morgan fingerprint density at radius 2 is 1.96 bits per heavy atom. The number of hydrogen-bond donors (Lipinski definition) is 1. The molecule has 3 aromatic rings. The molecule has 2 aliphatic heterocycles. The molecule has 2 fully saturated rings. The number of benzene rings is 1. The standard InChI is InChI=1S/C19H21N5O4/c1-26-14-4-2-3-12-15(14)22-18(20)24-11-13(21-16(12)24)17(25)23-7-5-19(6-8-23)27-9-10-28-19/h2-4,11H,5-10H2,1H3,(H2,20,22). The molecule has 2 aromatic heterocycles. The van der Waals surface area contributed by atoms with Crippen LogP contribution in [0.4, 0.5) is 5.95 Å². The van der Waals surface area contributed by atoms with Crippen molar-refractivity contribution in [3.8, 4) is 5.75 Å². The van der Waals surface area contributed by atoms with E-state index in [9.17, 15) is 4.79 Å². The SMILES string of the molecule is COc1cccc2c1nc(N)n1cc(C(=O)N3CCC4(CC3)OCCO4)nc21. The van der Waals surface area contributed by atoms with Gasteiger partial charge < -0.3 is 24.8 Å². The second-order valence-corrected chi connectivity index (χ2v) is 7.05. The Kier molecular flexibility index (Phi) is 3.88. The van der Waals surface area contributed by atoms with Gasteiger partial charge in [0, 0.05) is 37.5 Å². The minimum absolute atomic E-state index is 0.132. The number of methoxy groups -OCH3 is 1. The number of rotatable bonds is 2. The molecule has 0 atom stereocenters. The van der Waals surface area contributed by atoms with Crippen molar-refractivity contribution in [2.24, 2.45) is 0 Å². The van der Waals surface area contributed by atoms with Crippen molar-refractivity contribution in [2.45, 2.75) is 18.6 Å². The molecule has 2 saturated heterocycles. The third-order valence-corrected chi connectivity index (χ3v) is 5.48. The molecule has 1 spiro atoms. The second-order valence-electron chi connectivity index (χ2n) is 7.05. The number of amides is 1. The molecule has 2 aliphatic rings. The molecule has 1 amide bonds. The number of imidazole rings is 1. The number of anilines is 1. The van der Waals surface area contributed by atoms with Crippen LogP contribution in [-0.2, 0) is 9.47 Å². The summed E-state index contributed by atoms with van der Waals surface area (Å²) in [5.74, 6) is 0.216. The molecular formula is C19H21N5O4. The molecule has 5 rings (SSSR count). The van der Waals surface area contributed by atoms with Gasteiger partial charge in [0.2, 0.25) is 5.95 Å². The quantitative estimate of drug-likeness (QED) is 0.714. The number of ether oxygens (including phenoxy) is 3. The number of fused-ring (bicyclic) bond motifs is 3. The van der Waals surface area contributed by atoms with Crippen LogP contribution < -0.4 is 10.5 Å². The van der Waals surface area contributed by atoms with E-state index < -0.39 is 5.79 Å². The predicted molar refractivity (Wildman–Crippen MR) is 101 cm³/mol. The molecular weight excluding hydrogens is 362 g/mol. The number of nitrogen functional groups attached to an aromatic ring is 1. The van der Waals surface area contributed by atoms with Crippen LogP contribution in [0.25, 0.3) is 16.6 Å². The van der Waals surface area contributed by atoms with Crippen LogP contribution in [0.2, 0.25) is 0 Å². The fraction of sp³-hybridized carbons (Fsp3) is 0.421. The van der Waals surface area contributed by atoms with E-state index in [1.54, 1.807) is 22.6 Å². The van der Waals surface area contributed by atoms with Gasteiger partial charge in [-0.2, -0.15) is 0 Å². The number of aromatic nitrogens is 3. The van der Waals surface area contributed by atoms with E-state index in [4.69, 9.17) is 19.9 Å². The summed E-state index contributed by atoms with van der Waals surface area (Å²) in [4.78, 5) is 23.8. The minimum Gasteiger partial charge on any atom is -0.494 e. The second kappa shape index (κ2) is 6.32. The first-order valence-electron chi connectivity index (χ1n) is 9.29. The third kappa shape index (κ3) is 2.58. The van der Waals surface area contributed by atoms with Gasteiger partial charge in [0.25, 0.3) is 5.91 Å². The Morgan fingerprint density at radius 1 is 1.21 bits per heavy atom. The molecule has 0 aliphatic carbocycles. The fourth-order valence-electron chi connectivity index (χ4n) is 4.00. The van der Waals surface area contributed by atoms with E-state index in [0.29, 0.717) is 61.8 Å². The van der Waals surface area contributed by atoms with Crippen LogP contribution >= 0.6 is 0 Å². The summed E-state index contributed by atoms with van der Waals surface area (Å²) in [6, 6.07) is 5.57. The van der Waals surface area contributed by atoms with Crippen LogP contribution in [0.15, 0.2) is 24.4 Å². The average Bonchev–Trinajstić information content (AvgIpc) is 3.36. The Hall–Kier alpha value is -2.91. The van der Waals surface area contributed by atoms with Crippen LogP contribution in [0.5, 0.6) is 5.75 Å². The van der Waals surface area contributed by atoms with E-state index >= 15 is 0 Å². The van der Waals surface area contributed by atoms with Crippen molar-refractivity contribution in [2.75, 3.05) is 39.1 Å². The summed E-state index contributed by atoms with van der Waals surface area (Å²) in [6.07, 6.45) is 2.97. The monoisotopic (exact) mass is 383 g/mol. The highest BCUT2D eigenvalue weighted by atomic mass is 16.7. The Bertz CT molecular complexity index is 1060. The van der Waals surface area contributed by atoms with Gasteiger partial charge in [0.05, 0.1) is 20.3 Å². The first-order valence-corrected chi connectivity index (χ1v) is 9.29. The van der Waals surface area contributed by atoms with Crippen LogP contribution in [-0.4, -0.2) is 64.4 Å². The first-order chi connectivity index (χ1) is 13.6. The molecule has 1 aromatic carbocycles. The number of hydrogen-bond acceptors (Lipinski definition) is 7. The highest BCUT2D eigenvalue weighted by molar-refractivity contribution is 5.99. The smallest absolute Gasteiger partial charge is 0.274 e. The van der Waals surface area contributed by atoms with Gasteiger partial charge in [-0.25, -0.2) is 9.97 Å². The summed E-state index contributed by atoms with van der Waals surface area (Å²) < 4.78 is 18.5. The van der Waals surface area contributed by atoms with E-state index in [1.165, 1.54) is 0 Å². The van der Waals surface area contributed by atoms with Crippen molar-refractivity contribution in [3.63, 3.8) is 0 Å². The lowest BCUT2D eigenvalue weighted by molar-refractivity contribution is -0.181. The normalized spacial score (nSPS) is 19.0. The fourth-order valence-corrected chi connectivity index (χ4v) is 4.00. The summed E-state index contributed by atoms with van der Waals surface area (Å²) >= 11 is 0.